The molecule has 20 heavy (non-hydrogen) atoms. The third-order valence-corrected chi connectivity index (χ3v) is 2.45. The predicted molar refractivity (Wildman–Crippen MR) is 63.4 cm³/mol. The van der Waals surface area contributed by atoms with Crippen molar-refractivity contribution in [3.05, 3.63) is 28.8 Å². The molecular formula is C12H9ClF3NO3. The Morgan fingerprint density at radius 1 is 1.45 bits per heavy atom. The van der Waals surface area contributed by atoms with Gasteiger partial charge in [-0.1, -0.05) is 0 Å². The Balaban J connectivity index is 3.33. The van der Waals surface area contributed by atoms with Crippen LogP contribution >= 0.6 is 11.6 Å². The number of carbonyl (C=O) groups is 1. The van der Waals surface area contributed by atoms with Crippen molar-refractivity contribution < 1.29 is 27.4 Å². The van der Waals surface area contributed by atoms with Crippen LogP contribution in [0.5, 0.6) is 5.75 Å². The second-order valence-electron chi connectivity index (χ2n) is 3.53. The Morgan fingerprint density at radius 2 is 2.10 bits per heavy atom. The minimum Gasteiger partial charge on any atom is -0.462 e. The van der Waals surface area contributed by atoms with Crippen molar-refractivity contribution in [2.24, 2.45) is 0 Å². The van der Waals surface area contributed by atoms with Gasteiger partial charge in [-0.2, -0.15) is 5.26 Å². The zero-order valence-electron chi connectivity index (χ0n) is 10.3. The lowest BCUT2D eigenvalue weighted by atomic mass is 10.1. The molecule has 8 heteroatoms. The Morgan fingerprint density at radius 3 is 2.55 bits per heavy atom. The van der Waals surface area contributed by atoms with Crippen LogP contribution in [-0.2, 0) is 10.6 Å². The molecule has 0 N–H and O–H groups in total. The lowest BCUT2D eigenvalue weighted by Gasteiger charge is -2.14. The summed E-state index contributed by atoms with van der Waals surface area (Å²) in [7, 11) is 0. The van der Waals surface area contributed by atoms with Crippen molar-refractivity contribution in [3.63, 3.8) is 0 Å². The molecule has 0 atom stereocenters. The van der Waals surface area contributed by atoms with E-state index in [0.717, 1.165) is 12.1 Å². The Bertz CT molecular complexity index is 552. The van der Waals surface area contributed by atoms with Crippen LogP contribution in [0.15, 0.2) is 12.1 Å². The average Bonchev–Trinajstić information content (AvgIpc) is 2.37. The standard InChI is InChI=1S/C12H9ClF3NO3/c1-2-19-11(18)7-3-8(5-13)10(9(4-7)6-17)20-12(14,15)16/h3-4H,2,5H2,1H3. The number of alkyl halides is 4. The van der Waals surface area contributed by atoms with Gasteiger partial charge in [-0.15, -0.1) is 24.8 Å². The van der Waals surface area contributed by atoms with Crippen LogP contribution in [0.4, 0.5) is 13.2 Å². The molecule has 0 bridgehead atoms. The largest absolute Gasteiger partial charge is 0.573 e. The van der Waals surface area contributed by atoms with Gasteiger partial charge in [0.15, 0.2) is 5.75 Å². The zero-order valence-corrected chi connectivity index (χ0v) is 11.0. The van der Waals surface area contributed by atoms with Crippen LogP contribution in [-0.4, -0.2) is 18.9 Å². The summed E-state index contributed by atoms with van der Waals surface area (Å²) in [5.41, 5.74) is -0.622. The van der Waals surface area contributed by atoms with Gasteiger partial charge in [0.2, 0.25) is 0 Å². The highest BCUT2D eigenvalue weighted by molar-refractivity contribution is 6.17. The molecule has 1 aromatic carbocycles. The number of nitriles is 1. The molecule has 0 radical (unpaired) electrons. The first-order valence-corrected chi connectivity index (χ1v) is 5.91. The summed E-state index contributed by atoms with van der Waals surface area (Å²) in [6.45, 7) is 1.67. The van der Waals surface area contributed by atoms with Crippen molar-refractivity contribution >= 4 is 17.6 Å². The van der Waals surface area contributed by atoms with Gasteiger partial charge >= 0.3 is 12.3 Å². The number of ether oxygens (including phenoxy) is 2. The molecule has 0 aliphatic rings. The monoisotopic (exact) mass is 307 g/mol. The van der Waals surface area contributed by atoms with Crippen molar-refractivity contribution in [3.8, 4) is 11.8 Å². The molecule has 108 valence electrons. The van der Waals surface area contributed by atoms with Crippen molar-refractivity contribution in [1.82, 2.24) is 0 Å². The van der Waals surface area contributed by atoms with E-state index in [2.05, 4.69) is 4.74 Å². The predicted octanol–water partition coefficient (Wildman–Crippen LogP) is 3.37. The fraction of sp³-hybridized carbons (Fsp3) is 0.333. The number of halogens is 4. The molecular weight excluding hydrogens is 299 g/mol. The molecule has 0 amide bonds. The number of benzene rings is 1. The molecule has 0 spiro atoms. The second-order valence-corrected chi connectivity index (χ2v) is 3.79. The number of hydrogen-bond acceptors (Lipinski definition) is 4. The van der Waals surface area contributed by atoms with Gasteiger partial charge in [-0.3, -0.25) is 0 Å². The van der Waals surface area contributed by atoms with Crippen LogP contribution in [0.1, 0.15) is 28.4 Å². The minimum atomic E-state index is -4.96. The Labute approximate surface area is 117 Å². The second kappa shape index (κ2) is 6.48. The highest BCUT2D eigenvalue weighted by Crippen LogP contribution is 2.32. The van der Waals surface area contributed by atoms with E-state index >= 15 is 0 Å². The molecule has 4 nitrogen and oxygen atoms in total. The highest BCUT2D eigenvalue weighted by Gasteiger charge is 2.33. The van der Waals surface area contributed by atoms with Crippen LogP contribution < -0.4 is 4.74 Å². The number of carbonyl (C=O) groups excluding carboxylic acids is 1. The van der Waals surface area contributed by atoms with E-state index in [0.29, 0.717) is 0 Å². The summed E-state index contributed by atoms with van der Waals surface area (Å²) >= 11 is 5.53. The maximum Gasteiger partial charge on any atom is 0.573 e. The topological polar surface area (TPSA) is 59.3 Å². The fourth-order valence-electron chi connectivity index (χ4n) is 1.44. The molecule has 0 aromatic heterocycles. The van der Waals surface area contributed by atoms with Gasteiger partial charge in [0, 0.05) is 5.56 Å². The number of hydrogen-bond donors (Lipinski definition) is 0. The molecule has 0 saturated carbocycles. The molecule has 0 fully saturated rings. The third-order valence-electron chi connectivity index (χ3n) is 2.16. The third kappa shape index (κ3) is 4.03. The van der Waals surface area contributed by atoms with E-state index in [1.807, 2.05) is 0 Å². The first kappa shape index (κ1) is 16.1. The first-order valence-electron chi connectivity index (χ1n) is 5.38. The molecule has 0 aliphatic heterocycles. The van der Waals surface area contributed by atoms with Gasteiger partial charge in [0.25, 0.3) is 0 Å². The van der Waals surface area contributed by atoms with Gasteiger partial charge in [-0.05, 0) is 19.1 Å². The molecule has 0 unspecified atom stereocenters. The van der Waals surface area contributed by atoms with Gasteiger partial charge in [0.1, 0.15) is 6.07 Å². The van der Waals surface area contributed by atoms with E-state index in [9.17, 15) is 18.0 Å². The van der Waals surface area contributed by atoms with Gasteiger partial charge in [0.05, 0.1) is 23.6 Å². The minimum absolute atomic E-state index is 0.0615. The Hall–Kier alpha value is -1.94. The number of nitrogens with zero attached hydrogens (tertiary/aromatic N) is 1. The van der Waals surface area contributed by atoms with Crippen molar-refractivity contribution in [2.75, 3.05) is 6.61 Å². The van der Waals surface area contributed by atoms with Crippen LogP contribution in [0.25, 0.3) is 0 Å². The lowest BCUT2D eigenvalue weighted by molar-refractivity contribution is -0.275. The maximum atomic E-state index is 12.3. The maximum absolute atomic E-state index is 12.3. The summed E-state index contributed by atoms with van der Waals surface area (Å²) in [4.78, 5) is 11.5. The summed E-state index contributed by atoms with van der Waals surface area (Å²) in [5, 5.41) is 8.88. The van der Waals surface area contributed by atoms with E-state index in [1.54, 1.807) is 6.92 Å². The summed E-state index contributed by atoms with van der Waals surface area (Å²) < 4.78 is 45.4. The lowest BCUT2D eigenvalue weighted by Crippen LogP contribution is -2.19. The van der Waals surface area contributed by atoms with Crippen LogP contribution in [0.3, 0.4) is 0 Å². The zero-order chi connectivity index (χ0) is 15.3. The smallest absolute Gasteiger partial charge is 0.462 e. The van der Waals surface area contributed by atoms with Crippen LogP contribution in [0.2, 0.25) is 0 Å². The quantitative estimate of drug-likeness (QED) is 0.632. The molecule has 1 rings (SSSR count). The summed E-state index contributed by atoms with van der Waals surface area (Å²) in [6.07, 6.45) is -4.96. The van der Waals surface area contributed by atoms with Crippen molar-refractivity contribution in [1.29, 1.82) is 5.26 Å². The van der Waals surface area contributed by atoms with E-state index in [-0.39, 0.29) is 23.6 Å². The fourth-order valence-corrected chi connectivity index (χ4v) is 1.64. The van der Waals surface area contributed by atoms with E-state index in [1.165, 1.54) is 6.07 Å². The summed E-state index contributed by atoms with van der Waals surface area (Å²) in [5.74, 6) is -1.81. The molecule has 0 saturated heterocycles. The normalized spacial score (nSPS) is 10.8. The van der Waals surface area contributed by atoms with Crippen molar-refractivity contribution in [2.45, 2.75) is 19.2 Å². The summed E-state index contributed by atoms with van der Waals surface area (Å²) in [6, 6.07) is 3.61. The molecule has 0 heterocycles. The Kier molecular flexibility index (Phi) is 5.22. The van der Waals surface area contributed by atoms with E-state index < -0.39 is 23.6 Å². The highest BCUT2D eigenvalue weighted by atomic mass is 35.5. The first-order chi connectivity index (χ1) is 9.32. The van der Waals surface area contributed by atoms with Crippen LogP contribution in [0, 0.1) is 11.3 Å². The van der Waals surface area contributed by atoms with Gasteiger partial charge < -0.3 is 9.47 Å². The number of rotatable bonds is 4. The van der Waals surface area contributed by atoms with Gasteiger partial charge in [-0.25, -0.2) is 4.79 Å². The molecule has 1 aromatic rings. The van der Waals surface area contributed by atoms with E-state index in [4.69, 9.17) is 21.6 Å². The number of esters is 1. The SMILES string of the molecule is CCOC(=O)c1cc(C#N)c(OC(F)(F)F)c(CCl)c1. The molecule has 0 aliphatic carbocycles. The average molecular weight is 308 g/mol.